The highest BCUT2D eigenvalue weighted by Crippen LogP contribution is 2.41. The van der Waals surface area contributed by atoms with Gasteiger partial charge in [-0.25, -0.2) is 9.78 Å². The minimum absolute atomic E-state index is 0.0855. The van der Waals surface area contributed by atoms with Crippen molar-refractivity contribution < 1.29 is 26.8 Å². The number of aromatic nitrogens is 1. The second kappa shape index (κ2) is 6.67. The number of hydrogen-bond acceptors (Lipinski definition) is 8. The second-order valence-corrected chi connectivity index (χ2v) is 7.43. The van der Waals surface area contributed by atoms with E-state index in [1.54, 1.807) is 0 Å². The summed E-state index contributed by atoms with van der Waals surface area (Å²) in [5, 5.41) is 3.31. The Hall–Kier alpha value is -2.49. The predicted molar refractivity (Wildman–Crippen MR) is 88.1 cm³/mol. The maximum absolute atomic E-state index is 12.2. The van der Waals surface area contributed by atoms with E-state index >= 15 is 0 Å². The van der Waals surface area contributed by atoms with Crippen LogP contribution in [0.25, 0.3) is 0 Å². The van der Waals surface area contributed by atoms with Crippen LogP contribution < -0.4 is 16.8 Å². The molecule has 1 unspecified atom stereocenters. The first-order valence-electron chi connectivity index (χ1n) is 7.24. The van der Waals surface area contributed by atoms with Crippen molar-refractivity contribution in [1.29, 1.82) is 0 Å². The lowest BCUT2D eigenvalue weighted by molar-refractivity contribution is -0.0307. The van der Waals surface area contributed by atoms with E-state index in [2.05, 4.69) is 19.6 Å². The largest absolute Gasteiger partial charge is 0.418 e. The zero-order valence-corrected chi connectivity index (χ0v) is 14.8. The van der Waals surface area contributed by atoms with E-state index in [1.807, 2.05) is 0 Å². The maximum Gasteiger partial charge on any atom is 0.418 e. The van der Waals surface area contributed by atoms with Crippen LogP contribution in [-0.2, 0) is 21.2 Å². The summed E-state index contributed by atoms with van der Waals surface area (Å²) in [6.07, 6.45) is 0. The quantitative estimate of drug-likeness (QED) is 0.182. The Labute approximate surface area is 151 Å². The Bertz CT molecular complexity index is 878. The molecule has 13 nitrogen and oxygen atoms in total. The van der Waals surface area contributed by atoms with E-state index in [0.29, 0.717) is 15.6 Å². The lowest BCUT2D eigenvalue weighted by Crippen LogP contribution is -2.32. The molecule has 15 heteroatoms. The minimum atomic E-state index is -4.86. The SMILES string of the molecule is NC(N)=NCCNC(=O)c1nc2c(s1)C1CN(C2)C(=O)N1OS(=O)(=O)O. The summed E-state index contributed by atoms with van der Waals surface area (Å²) in [5.74, 6) is -0.535. The van der Waals surface area contributed by atoms with Gasteiger partial charge in [0, 0.05) is 6.54 Å². The average molecular weight is 405 g/mol. The molecule has 6 N–H and O–H groups in total. The third kappa shape index (κ3) is 3.69. The van der Waals surface area contributed by atoms with Gasteiger partial charge in [0.1, 0.15) is 6.04 Å². The Balaban J connectivity index is 1.75. The molecule has 0 aromatic carbocycles. The van der Waals surface area contributed by atoms with Crippen LogP contribution in [0.1, 0.15) is 26.4 Å². The van der Waals surface area contributed by atoms with Gasteiger partial charge in [-0.1, -0.05) is 0 Å². The fourth-order valence-corrected chi connectivity index (χ4v) is 4.02. The molecule has 1 saturated heterocycles. The summed E-state index contributed by atoms with van der Waals surface area (Å²) in [4.78, 5) is 34.0. The monoisotopic (exact) mass is 405 g/mol. The first-order valence-corrected chi connectivity index (χ1v) is 9.42. The van der Waals surface area contributed by atoms with Crippen molar-refractivity contribution in [2.24, 2.45) is 16.5 Å². The molecule has 3 heterocycles. The van der Waals surface area contributed by atoms with Crippen molar-refractivity contribution in [1.82, 2.24) is 20.3 Å². The van der Waals surface area contributed by atoms with E-state index in [1.165, 1.54) is 4.90 Å². The molecule has 3 rings (SSSR count). The molecule has 2 aliphatic heterocycles. The van der Waals surface area contributed by atoms with Crippen LogP contribution in [0.5, 0.6) is 0 Å². The van der Waals surface area contributed by atoms with E-state index in [0.717, 1.165) is 11.3 Å². The topological polar surface area (TPSA) is 194 Å². The van der Waals surface area contributed by atoms with Crippen molar-refractivity contribution in [3.05, 3.63) is 15.6 Å². The van der Waals surface area contributed by atoms with Crippen molar-refractivity contribution in [2.75, 3.05) is 19.6 Å². The van der Waals surface area contributed by atoms with Crippen molar-refractivity contribution in [3.8, 4) is 0 Å². The van der Waals surface area contributed by atoms with Crippen LogP contribution in [0.4, 0.5) is 4.79 Å². The van der Waals surface area contributed by atoms with Crippen LogP contribution in [0.2, 0.25) is 0 Å². The fraction of sp³-hybridized carbons (Fsp3) is 0.455. The van der Waals surface area contributed by atoms with Crippen LogP contribution in [0.3, 0.4) is 0 Å². The Morgan fingerprint density at radius 2 is 2.23 bits per heavy atom. The summed E-state index contributed by atoms with van der Waals surface area (Å²) < 4.78 is 35.1. The number of nitrogens with two attached hydrogens (primary N) is 2. The summed E-state index contributed by atoms with van der Waals surface area (Å²) in [5.41, 5.74) is 10.8. The molecule has 0 saturated carbocycles. The van der Waals surface area contributed by atoms with Gasteiger partial charge in [-0.15, -0.1) is 15.6 Å². The molecule has 26 heavy (non-hydrogen) atoms. The number of hydroxylamine groups is 2. The van der Waals surface area contributed by atoms with E-state index in [-0.39, 0.29) is 37.1 Å². The number of amides is 3. The Kier molecular flexibility index (Phi) is 4.70. The fourth-order valence-electron chi connectivity index (χ4n) is 2.59. The number of carbonyl (C=O) groups is 2. The molecule has 1 atom stereocenters. The Morgan fingerprint density at radius 1 is 1.50 bits per heavy atom. The van der Waals surface area contributed by atoms with Crippen LogP contribution >= 0.6 is 11.3 Å². The number of nitrogens with one attached hydrogen (secondary N) is 1. The second-order valence-electron chi connectivity index (χ2n) is 5.40. The summed E-state index contributed by atoms with van der Waals surface area (Å²) in [6.45, 7) is 0.677. The molecule has 142 valence electrons. The first-order chi connectivity index (χ1) is 12.2. The Morgan fingerprint density at radius 3 is 2.88 bits per heavy atom. The smallest absolute Gasteiger partial charge is 0.370 e. The number of guanidine groups is 1. The standard InChI is InChI=1S/C11H15N7O6S2/c12-10(13)15-2-1-14-8(19)9-16-5-3-17-4-6(7(5)25-9)18(11(17)20)24-26(21,22)23/h6H,1-4H2,(H,14,19)(H4,12,13,15)(H,21,22,23). The average Bonchev–Trinajstić information content (AvgIpc) is 3.07. The zero-order chi connectivity index (χ0) is 19.1. The van der Waals surface area contributed by atoms with Crippen molar-refractivity contribution >= 4 is 39.6 Å². The van der Waals surface area contributed by atoms with E-state index in [9.17, 15) is 18.0 Å². The van der Waals surface area contributed by atoms with Crippen molar-refractivity contribution in [2.45, 2.75) is 12.6 Å². The highest BCUT2D eigenvalue weighted by atomic mass is 32.3. The number of hydrogen-bond donors (Lipinski definition) is 4. The van der Waals surface area contributed by atoms with Gasteiger partial charge in [0.2, 0.25) is 0 Å². The summed E-state index contributed by atoms with van der Waals surface area (Å²) >= 11 is 1.01. The van der Waals surface area contributed by atoms with Gasteiger partial charge in [0.25, 0.3) is 5.91 Å². The third-order valence-corrected chi connectivity index (χ3v) is 5.11. The number of rotatable bonds is 6. The number of aliphatic imine (C=N–C) groups is 1. The molecular weight excluding hydrogens is 390 g/mol. The van der Waals surface area contributed by atoms with Crippen LogP contribution in [0, 0.1) is 0 Å². The zero-order valence-electron chi connectivity index (χ0n) is 13.2. The number of nitrogens with zero attached hydrogens (tertiary/aromatic N) is 4. The van der Waals surface area contributed by atoms with Gasteiger partial charge >= 0.3 is 16.4 Å². The maximum atomic E-state index is 12.2. The van der Waals surface area contributed by atoms with E-state index < -0.39 is 28.4 Å². The van der Waals surface area contributed by atoms with E-state index in [4.69, 9.17) is 16.0 Å². The van der Waals surface area contributed by atoms with Crippen LogP contribution in [0.15, 0.2) is 4.99 Å². The normalized spacial score (nSPS) is 18.7. The first kappa shape index (κ1) is 18.3. The molecule has 0 aliphatic carbocycles. The number of thiazole rings is 1. The molecule has 3 amide bonds. The van der Waals surface area contributed by atoms with Gasteiger partial charge in [-0.05, 0) is 0 Å². The summed E-state index contributed by atoms with van der Waals surface area (Å²) in [6, 6.07) is -1.49. The molecule has 1 aromatic heterocycles. The number of urea groups is 1. The molecule has 1 fully saturated rings. The molecule has 0 radical (unpaired) electrons. The highest BCUT2D eigenvalue weighted by Gasteiger charge is 2.47. The van der Waals surface area contributed by atoms with Gasteiger partial charge in [0.15, 0.2) is 11.0 Å². The predicted octanol–water partition coefficient (Wildman–Crippen LogP) is -1.83. The number of fused-ring (bicyclic) bond motifs is 4. The van der Waals surface area contributed by atoms with Crippen molar-refractivity contribution in [3.63, 3.8) is 0 Å². The van der Waals surface area contributed by atoms with Gasteiger partial charge in [-0.3, -0.25) is 14.3 Å². The molecule has 1 aromatic rings. The molecular formula is C11H15N7O6S2. The molecule has 2 aliphatic rings. The van der Waals surface area contributed by atoms with Gasteiger partial charge in [-0.2, -0.15) is 13.5 Å². The highest BCUT2D eigenvalue weighted by molar-refractivity contribution is 7.80. The third-order valence-electron chi connectivity index (χ3n) is 3.57. The lowest BCUT2D eigenvalue weighted by atomic mass is 10.1. The van der Waals surface area contributed by atoms with Gasteiger partial charge < -0.3 is 21.7 Å². The minimum Gasteiger partial charge on any atom is -0.370 e. The van der Waals surface area contributed by atoms with Crippen LogP contribution in [-0.4, -0.2) is 65.4 Å². The van der Waals surface area contributed by atoms with Gasteiger partial charge in [0.05, 0.1) is 30.2 Å². The molecule has 2 bridgehead atoms. The number of carbonyl (C=O) groups excluding carboxylic acids is 2. The summed E-state index contributed by atoms with van der Waals surface area (Å²) in [7, 11) is -4.86. The lowest BCUT2D eigenvalue weighted by Gasteiger charge is -2.20. The molecule has 0 spiro atoms.